The Hall–Kier alpha value is -2.88. The first-order valence-corrected chi connectivity index (χ1v) is 7.34. The molecule has 23 heavy (non-hydrogen) atoms. The van der Waals surface area contributed by atoms with Gasteiger partial charge in [-0.1, -0.05) is 49.0 Å². The summed E-state index contributed by atoms with van der Waals surface area (Å²) in [5, 5.41) is 9.62. The number of benzene rings is 2. The molecule has 0 amide bonds. The highest BCUT2D eigenvalue weighted by molar-refractivity contribution is 6.14. The van der Waals surface area contributed by atoms with E-state index in [1.165, 1.54) is 0 Å². The van der Waals surface area contributed by atoms with Gasteiger partial charge in [-0.15, -0.1) is 0 Å². The Kier molecular flexibility index (Phi) is 3.98. The Bertz CT molecular complexity index is 764. The second-order valence-corrected chi connectivity index (χ2v) is 5.55. The third-order valence-electron chi connectivity index (χ3n) is 3.99. The maximum Gasteiger partial charge on any atom is 0.322 e. The predicted octanol–water partition coefficient (Wildman–Crippen LogP) is 3.65. The molecule has 1 heterocycles. The van der Waals surface area contributed by atoms with Crippen molar-refractivity contribution in [2.24, 2.45) is 5.92 Å². The van der Waals surface area contributed by atoms with Gasteiger partial charge >= 0.3 is 5.97 Å². The number of aliphatic hydroxyl groups is 1. The fourth-order valence-corrected chi connectivity index (χ4v) is 2.93. The lowest BCUT2D eigenvalue weighted by Gasteiger charge is -2.28. The van der Waals surface area contributed by atoms with Crippen molar-refractivity contribution in [3.63, 3.8) is 0 Å². The Morgan fingerprint density at radius 1 is 1.09 bits per heavy atom. The average Bonchev–Trinajstić information content (AvgIpc) is 2.54. The molecule has 116 valence electrons. The fourth-order valence-electron chi connectivity index (χ4n) is 2.93. The molecule has 4 nitrogen and oxygen atoms in total. The molecule has 0 radical (unpaired) electrons. The third kappa shape index (κ3) is 2.88. The quantitative estimate of drug-likeness (QED) is 0.405. The van der Waals surface area contributed by atoms with Crippen LogP contribution in [0.25, 0.3) is 0 Å². The molecule has 2 aromatic rings. The van der Waals surface area contributed by atoms with Gasteiger partial charge < -0.3 is 9.84 Å². The number of ketones is 1. The second kappa shape index (κ2) is 6.08. The molecule has 0 bridgehead atoms. The van der Waals surface area contributed by atoms with E-state index >= 15 is 0 Å². The minimum absolute atomic E-state index is 0.0710. The zero-order chi connectivity index (χ0) is 16.4. The van der Waals surface area contributed by atoms with E-state index in [0.29, 0.717) is 5.56 Å². The van der Waals surface area contributed by atoms with Crippen molar-refractivity contribution >= 4 is 11.8 Å². The number of hydrogen-bond donors (Lipinski definition) is 1. The number of esters is 1. The van der Waals surface area contributed by atoms with E-state index in [1.54, 1.807) is 24.3 Å². The van der Waals surface area contributed by atoms with Gasteiger partial charge in [0.25, 0.3) is 0 Å². The Labute approximate surface area is 134 Å². The summed E-state index contributed by atoms with van der Waals surface area (Å²) in [6.45, 7) is 3.50. The van der Waals surface area contributed by atoms with Crippen LogP contribution in [0.4, 0.5) is 0 Å². The predicted molar refractivity (Wildman–Crippen MR) is 85.5 cm³/mol. The minimum atomic E-state index is -0.990. The van der Waals surface area contributed by atoms with Crippen molar-refractivity contribution in [3.05, 3.63) is 78.1 Å². The maximum atomic E-state index is 12.8. The fraction of sp³-hybridized carbons (Fsp3) is 0.158. The van der Waals surface area contributed by atoms with Crippen LogP contribution < -0.4 is 4.74 Å². The summed E-state index contributed by atoms with van der Waals surface area (Å²) < 4.78 is 5.33. The molecular weight excluding hydrogens is 292 g/mol. The second-order valence-electron chi connectivity index (χ2n) is 5.55. The highest BCUT2D eigenvalue weighted by Crippen LogP contribution is 2.38. The van der Waals surface area contributed by atoms with Crippen LogP contribution in [0.5, 0.6) is 5.75 Å². The Balaban J connectivity index is 2.04. The number of Topliss-reactive ketones (excluding diaryl/α,β-unsaturated/α-hetero) is 1. The summed E-state index contributed by atoms with van der Waals surface area (Å²) in [4.78, 5) is 25.2. The summed E-state index contributed by atoms with van der Waals surface area (Å²) in [7, 11) is 0. The first kappa shape index (κ1) is 15.0. The van der Waals surface area contributed by atoms with Crippen LogP contribution in [0, 0.1) is 5.92 Å². The van der Waals surface area contributed by atoms with Crippen molar-refractivity contribution in [2.45, 2.75) is 12.3 Å². The van der Waals surface area contributed by atoms with Gasteiger partial charge in [0.15, 0.2) is 5.78 Å². The standard InChI is InChI=1S/C19H16O4/c1-12(20)11-15(13-7-3-2-4-8-13)17-18(21)14-9-5-6-10-16(14)23-19(17)22/h2-10,15,17,20H,1,11H2. The van der Waals surface area contributed by atoms with Crippen molar-refractivity contribution < 1.29 is 19.4 Å². The van der Waals surface area contributed by atoms with Gasteiger partial charge in [0.1, 0.15) is 11.7 Å². The Morgan fingerprint density at radius 3 is 2.43 bits per heavy atom. The van der Waals surface area contributed by atoms with E-state index in [9.17, 15) is 14.7 Å². The maximum absolute atomic E-state index is 12.8. The van der Waals surface area contributed by atoms with Crippen LogP contribution in [0.3, 0.4) is 0 Å². The molecule has 1 aliphatic heterocycles. The van der Waals surface area contributed by atoms with Crippen LogP contribution in [-0.4, -0.2) is 16.9 Å². The van der Waals surface area contributed by atoms with Gasteiger partial charge in [0.2, 0.25) is 0 Å². The molecule has 0 aromatic heterocycles. The molecule has 1 N–H and O–H groups in total. The van der Waals surface area contributed by atoms with Gasteiger partial charge in [-0.25, -0.2) is 0 Å². The molecule has 0 aliphatic carbocycles. The lowest BCUT2D eigenvalue weighted by molar-refractivity contribution is -0.138. The van der Waals surface area contributed by atoms with E-state index in [1.807, 2.05) is 30.3 Å². The van der Waals surface area contributed by atoms with Gasteiger partial charge in [-0.2, -0.15) is 0 Å². The lowest BCUT2D eigenvalue weighted by Crippen LogP contribution is -2.37. The van der Waals surface area contributed by atoms with E-state index in [-0.39, 0.29) is 23.7 Å². The average molecular weight is 308 g/mol. The molecule has 0 spiro atoms. The van der Waals surface area contributed by atoms with Crippen LogP contribution in [0.2, 0.25) is 0 Å². The number of hydrogen-bond acceptors (Lipinski definition) is 4. The Morgan fingerprint density at radius 2 is 1.74 bits per heavy atom. The number of aliphatic hydroxyl groups excluding tert-OH is 1. The molecule has 2 unspecified atom stereocenters. The van der Waals surface area contributed by atoms with Crippen LogP contribution >= 0.6 is 0 Å². The van der Waals surface area contributed by atoms with E-state index in [2.05, 4.69) is 6.58 Å². The molecule has 2 aromatic carbocycles. The SMILES string of the molecule is C=C(O)CC(c1ccccc1)C1C(=O)Oc2ccccc2C1=O. The molecule has 1 aliphatic rings. The number of rotatable bonds is 4. The van der Waals surface area contributed by atoms with E-state index < -0.39 is 17.8 Å². The lowest BCUT2D eigenvalue weighted by atomic mass is 9.78. The van der Waals surface area contributed by atoms with Crippen LogP contribution in [0.15, 0.2) is 66.9 Å². The summed E-state index contributed by atoms with van der Waals surface area (Å²) in [6, 6.07) is 15.9. The highest BCUT2D eigenvalue weighted by Gasteiger charge is 2.42. The number of ether oxygens (including phenoxy) is 1. The molecule has 3 rings (SSSR count). The van der Waals surface area contributed by atoms with Gasteiger partial charge in [-0.3, -0.25) is 9.59 Å². The van der Waals surface area contributed by atoms with Crippen molar-refractivity contribution in [3.8, 4) is 5.75 Å². The zero-order valence-electron chi connectivity index (χ0n) is 12.4. The first-order valence-electron chi connectivity index (χ1n) is 7.34. The van der Waals surface area contributed by atoms with Gasteiger partial charge in [-0.05, 0) is 17.7 Å². The monoisotopic (exact) mass is 308 g/mol. The largest absolute Gasteiger partial charge is 0.513 e. The molecule has 2 atom stereocenters. The van der Waals surface area contributed by atoms with Crippen LogP contribution in [-0.2, 0) is 4.79 Å². The number of para-hydroxylation sites is 1. The molecule has 4 heteroatoms. The zero-order valence-corrected chi connectivity index (χ0v) is 12.4. The summed E-state index contributed by atoms with van der Waals surface area (Å²) in [5.74, 6) is -2.17. The molecule has 0 saturated carbocycles. The third-order valence-corrected chi connectivity index (χ3v) is 3.99. The smallest absolute Gasteiger partial charge is 0.322 e. The number of fused-ring (bicyclic) bond motifs is 1. The summed E-state index contributed by atoms with van der Waals surface area (Å²) >= 11 is 0. The molecule has 0 saturated heterocycles. The number of carbonyl (C=O) groups excluding carboxylic acids is 2. The highest BCUT2D eigenvalue weighted by atomic mass is 16.5. The summed E-state index contributed by atoms with van der Waals surface area (Å²) in [5.41, 5.74) is 1.18. The van der Waals surface area contributed by atoms with Crippen LogP contribution in [0.1, 0.15) is 28.3 Å². The first-order chi connectivity index (χ1) is 11.1. The minimum Gasteiger partial charge on any atom is -0.513 e. The topological polar surface area (TPSA) is 63.6 Å². The van der Waals surface area contributed by atoms with E-state index in [4.69, 9.17) is 4.74 Å². The van der Waals surface area contributed by atoms with Crippen molar-refractivity contribution in [2.75, 3.05) is 0 Å². The van der Waals surface area contributed by atoms with Gasteiger partial charge in [0, 0.05) is 12.3 Å². The number of carbonyl (C=O) groups is 2. The normalized spacial score (nSPS) is 18.0. The number of allylic oxidation sites excluding steroid dienone is 1. The van der Waals surface area contributed by atoms with Gasteiger partial charge in [0.05, 0.1) is 11.3 Å². The van der Waals surface area contributed by atoms with E-state index in [0.717, 1.165) is 5.56 Å². The summed E-state index contributed by atoms with van der Waals surface area (Å²) in [6.07, 6.45) is 0.123. The van der Waals surface area contributed by atoms with Crippen molar-refractivity contribution in [1.82, 2.24) is 0 Å². The molecule has 0 fully saturated rings. The van der Waals surface area contributed by atoms with Crippen molar-refractivity contribution in [1.29, 1.82) is 0 Å². The molecular formula is C19H16O4.